The van der Waals surface area contributed by atoms with Gasteiger partial charge in [0.2, 0.25) is 41.3 Å². The van der Waals surface area contributed by atoms with Crippen LogP contribution in [0.25, 0.3) is 28.3 Å². The van der Waals surface area contributed by atoms with Crippen LogP contribution in [0.15, 0.2) is 132 Å². The number of nitrogens with zero attached hydrogens (tertiary/aromatic N) is 10. The van der Waals surface area contributed by atoms with Crippen LogP contribution in [0.1, 0.15) is 66.4 Å². The van der Waals surface area contributed by atoms with Gasteiger partial charge in [-0.3, -0.25) is 38.5 Å². The van der Waals surface area contributed by atoms with Gasteiger partial charge in [0.25, 0.3) is 5.91 Å². The summed E-state index contributed by atoms with van der Waals surface area (Å²) in [6.45, 7) is 10.0. The highest BCUT2D eigenvalue weighted by Crippen LogP contribution is 2.40. The summed E-state index contributed by atoms with van der Waals surface area (Å²) in [5.74, 6) is -0.394. The van der Waals surface area contributed by atoms with E-state index in [0.717, 1.165) is 66.7 Å². The van der Waals surface area contributed by atoms with Crippen molar-refractivity contribution in [1.29, 1.82) is 0 Å². The van der Waals surface area contributed by atoms with Crippen molar-refractivity contribution in [1.82, 2.24) is 65.3 Å². The fraction of sp³-hybridized carbons (Fsp3) is 0.512. The lowest BCUT2D eigenvalue weighted by Crippen LogP contribution is -2.56. The summed E-state index contributed by atoms with van der Waals surface area (Å²) in [6, 6.07) is 34.4. The Morgan fingerprint density at radius 3 is 1.61 bits per heavy atom. The molecule has 8 aromatic rings. The minimum absolute atomic E-state index is 0.00360. The van der Waals surface area contributed by atoms with Gasteiger partial charge in [0, 0.05) is 88.6 Å². The molecule has 2 aliphatic rings. The third kappa shape index (κ3) is 32.2. The summed E-state index contributed by atoms with van der Waals surface area (Å²) in [6.07, 6.45) is 7.02. The second-order valence-electron chi connectivity index (χ2n) is 29.0. The van der Waals surface area contributed by atoms with Crippen LogP contribution in [0.2, 0.25) is 0 Å². The molecule has 0 unspecified atom stereocenters. The van der Waals surface area contributed by atoms with Crippen molar-refractivity contribution < 1.29 is 104 Å². The second kappa shape index (κ2) is 53.1. The quantitative estimate of drug-likeness (QED) is 0.0217. The van der Waals surface area contributed by atoms with Crippen LogP contribution in [0, 0.1) is 5.82 Å². The Labute approximate surface area is 718 Å². The lowest BCUT2D eigenvalue weighted by Gasteiger charge is -2.43. The minimum Gasteiger partial charge on any atom is -0.484 e. The van der Waals surface area contributed by atoms with Crippen LogP contribution in [0.3, 0.4) is 0 Å². The number of carbonyl (C=O) groups excluding carboxylic acids is 8. The highest BCUT2D eigenvalue weighted by molar-refractivity contribution is 5.96. The monoisotopic (exact) mass is 1730 g/mol. The van der Waals surface area contributed by atoms with Crippen LogP contribution in [-0.2, 0) is 100 Å². The number of fused-ring (bicyclic) bond motifs is 3. The molecule has 0 radical (unpaired) electrons. The number of amides is 7. The number of nitrogen functional groups attached to an aromatic ring is 1. The van der Waals surface area contributed by atoms with Crippen molar-refractivity contribution in [2.24, 2.45) is 0 Å². The zero-order valence-corrected chi connectivity index (χ0v) is 70.3. The van der Waals surface area contributed by atoms with Crippen molar-refractivity contribution in [2.45, 2.75) is 69.9 Å². The van der Waals surface area contributed by atoms with E-state index in [1.165, 1.54) is 28.8 Å². The van der Waals surface area contributed by atoms with E-state index in [4.69, 9.17) is 67.0 Å². The van der Waals surface area contributed by atoms with Gasteiger partial charge in [-0.05, 0) is 129 Å². The van der Waals surface area contributed by atoms with Crippen molar-refractivity contribution in [3.8, 4) is 17.3 Å². The molecule has 124 heavy (non-hydrogen) atoms. The van der Waals surface area contributed by atoms with Crippen molar-refractivity contribution >= 4 is 81.3 Å². The summed E-state index contributed by atoms with van der Waals surface area (Å²) in [7, 11) is 1.15. The number of nitrogens with two attached hydrogens (primary N) is 1. The Morgan fingerprint density at radius 1 is 0.540 bits per heavy atom. The maximum absolute atomic E-state index is 14.4. The van der Waals surface area contributed by atoms with Crippen LogP contribution < -0.4 is 42.0 Å². The number of likely N-dealkylation sites (tertiary alicyclic amines) is 1. The predicted octanol–water partition coefficient (Wildman–Crippen LogP) is 4.93. The normalized spacial score (nSPS) is 13.3. The molecule has 2 saturated heterocycles. The Bertz CT molecular complexity index is 4540. The maximum Gasteiger partial charge on any atom is 0.410 e. The molecule has 672 valence electrons. The van der Waals surface area contributed by atoms with E-state index in [2.05, 4.69) is 56.5 Å². The van der Waals surface area contributed by atoms with Crippen molar-refractivity contribution in [2.75, 3.05) is 234 Å². The highest BCUT2D eigenvalue weighted by Gasteiger charge is 2.53. The lowest BCUT2D eigenvalue weighted by molar-refractivity contribution is -0.133. The number of para-hydroxylation sites is 1. The number of benzene rings is 4. The predicted molar refractivity (Wildman–Crippen MR) is 453 cm³/mol. The fourth-order valence-corrected chi connectivity index (χ4v) is 13.6. The zero-order valence-electron chi connectivity index (χ0n) is 70.3. The number of Topliss-reactive ketones (excluding diaryl/α,β-unsaturated/α-hetero) is 1. The third-order valence-corrected chi connectivity index (χ3v) is 20.1. The van der Waals surface area contributed by atoms with Crippen molar-refractivity contribution in [3.05, 3.63) is 150 Å². The van der Waals surface area contributed by atoms with Crippen LogP contribution in [0.4, 0.5) is 26.5 Å². The molecular formula is C86H115FN16O21. The van der Waals surface area contributed by atoms with Gasteiger partial charge in [-0.1, -0.05) is 42.5 Å². The average molecular weight is 1730 g/mol. The molecule has 0 saturated carbocycles. The molecule has 10 rings (SSSR count). The Hall–Kier alpha value is -11.2. The lowest BCUT2D eigenvalue weighted by atomic mass is 9.85. The van der Waals surface area contributed by atoms with E-state index >= 15 is 0 Å². The number of nitrogens with one attached hydrogen (secondary N) is 5. The van der Waals surface area contributed by atoms with Gasteiger partial charge >= 0.3 is 6.09 Å². The summed E-state index contributed by atoms with van der Waals surface area (Å²) in [4.78, 5) is 119. The first-order chi connectivity index (χ1) is 60.6. The van der Waals surface area contributed by atoms with Crippen LogP contribution in [0.5, 0.6) is 5.75 Å². The van der Waals surface area contributed by atoms with Gasteiger partial charge in [-0.15, -0.1) is 5.10 Å². The molecule has 0 bridgehead atoms. The van der Waals surface area contributed by atoms with E-state index in [-0.39, 0.29) is 113 Å². The first-order valence-corrected chi connectivity index (χ1v) is 41.9. The maximum atomic E-state index is 14.4. The van der Waals surface area contributed by atoms with Gasteiger partial charge in [0.1, 0.15) is 30.2 Å². The van der Waals surface area contributed by atoms with Gasteiger partial charge in [0.15, 0.2) is 29.4 Å². The summed E-state index contributed by atoms with van der Waals surface area (Å²) in [5.41, 5.74) is 11.0. The summed E-state index contributed by atoms with van der Waals surface area (Å²) in [5, 5.41) is 23.4. The molecule has 7 N–H and O–H groups in total. The Morgan fingerprint density at radius 2 is 1.06 bits per heavy atom. The first kappa shape index (κ1) is 95.1. The van der Waals surface area contributed by atoms with E-state index in [1.807, 2.05) is 83.8 Å². The largest absolute Gasteiger partial charge is 0.484 e. The number of halogens is 1. The van der Waals surface area contributed by atoms with Crippen LogP contribution >= 0.6 is 0 Å². The zero-order chi connectivity index (χ0) is 87.2. The Balaban J connectivity index is 0.436. The molecule has 37 nitrogen and oxygen atoms in total. The van der Waals surface area contributed by atoms with Gasteiger partial charge < -0.3 is 108 Å². The number of ketones is 1. The van der Waals surface area contributed by atoms with Crippen LogP contribution in [-0.4, -0.2) is 315 Å². The smallest absolute Gasteiger partial charge is 0.410 e. The fourth-order valence-electron chi connectivity index (χ4n) is 13.6. The number of rotatable bonds is 61. The summed E-state index contributed by atoms with van der Waals surface area (Å²) >= 11 is 0. The average Bonchev–Trinajstić information content (AvgIpc) is 1.60. The topological polar surface area (TPSA) is 420 Å². The minimum atomic E-state index is -0.847. The van der Waals surface area contributed by atoms with Gasteiger partial charge in [0.05, 0.1) is 164 Å². The third-order valence-electron chi connectivity index (χ3n) is 20.1. The number of carbonyl (C=O) groups is 8. The van der Waals surface area contributed by atoms with E-state index < -0.39 is 36.5 Å². The number of methoxy groups -OCH3 is 1. The van der Waals surface area contributed by atoms with E-state index in [1.54, 1.807) is 29.3 Å². The number of hydrogen-bond acceptors (Lipinski definition) is 28. The molecule has 2 fully saturated rings. The van der Waals surface area contributed by atoms with Gasteiger partial charge in [-0.25, -0.2) is 18.9 Å². The molecule has 0 atom stereocenters. The molecule has 4 aromatic carbocycles. The number of piperidine rings is 1. The molecule has 7 amide bonds. The van der Waals surface area contributed by atoms with E-state index in [9.17, 15) is 42.7 Å². The Kier molecular flexibility index (Phi) is 40.7. The van der Waals surface area contributed by atoms with Crippen molar-refractivity contribution in [3.63, 3.8) is 0 Å². The molecule has 1 spiro atoms. The molecule has 6 heterocycles. The molecular weight excluding hydrogens is 1610 g/mol. The summed E-state index contributed by atoms with van der Waals surface area (Å²) < 4.78 is 87.9. The standard InChI is InChI=1S/C86H115FN16O21/c1-112-85(111)100(62-78(108)91-32-42-115-46-50-119-54-58-122-59-55-120-51-47-116-43-33-92-79(109)63-124-71-23-15-65(16-24-71)8-5-35-102-81-72(60-93-102)82-95-80(74-12-7-39-123-74)97-103(82)84(88)96-81)61-77(107)90-31-41-114-45-49-118-53-57-121-56-52-117-48-44-113-40-30-89-75(105)25-26-76(106)94-69-21-13-66(14-22-69)27-36-99-64-101(70-9-3-2-4-10-70)86(83(99)110)28-37-98(38-29-86)34-6-11-73(104)67-17-19-68(87)20-18-67/h2-4,7,9-10,12-24,39,60H,5-6,8,11,25-38,40-59,61-64H2,1H3,(H2,88,96)(H,89,105)(H,90,107)(H,91,108)(H,92,109)(H,94,106). The molecule has 4 aromatic heterocycles. The number of anilines is 3. The molecule has 0 aliphatic carbocycles. The number of hydrogen-bond donors (Lipinski definition) is 6. The second-order valence-corrected chi connectivity index (χ2v) is 29.0. The van der Waals surface area contributed by atoms with E-state index in [0.29, 0.717) is 197 Å². The number of aromatic nitrogens is 6. The number of ether oxygens (including phenoxy) is 12. The first-order valence-electron chi connectivity index (χ1n) is 41.9. The number of furan rings is 1. The molecule has 2 aliphatic heterocycles. The highest BCUT2D eigenvalue weighted by atomic mass is 19.1. The number of aryl methyl sites for hydroxylation is 2. The SMILES string of the molecule is COC(=O)N(CC(=O)NCCOCCOCCOCCOCCOCCNC(=O)CCC(=O)Nc1ccc(CCN2CN(c3ccccc3)C3(CCN(CCCC(=O)c4ccc(F)cc4)CC3)C2=O)cc1)CC(=O)NCCOCCOCCOCCOCCOCCNC(=O)COc1ccc(CCCn2ncc3c2nc(N)n2nc(-c4ccco4)nc32)cc1. The van der Waals surface area contributed by atoms with Gasteiger partial charge in [-0.2, -0.15) is 14.6 Å². The molecule has 38 heteroatoms.